The first-order valence-electron chi connectivity index (χ1n) is 5.53. The first kappa shape index (κ1) is 15.1. The van der Waals surface area contributed by atoms with E-state index in [-0.39, 0.29) is 18.2 Å². The molecule has 0 aromatic carbocycles. The zero-order valence-corrected chi connectivity index (χ0v) is 11.6. The molecule has 1 unspecified atom stereocenters. The van der Waals surface area contributed by atoms with Crippen molar-refractivity contribution < 1.29 is 18.3 Å². The molecule has 7 nitrogen and oxygen atoms in total. The predicted octanol–water partition coefficient (Wildman–Crippen LogP) is -0.596. The number of methoxy groups -OCH3 is 1. The van der Waals surface area contributed by atoms with E-state index in [1.54, 1.807) is 18.5 Å². The van der Waals surface area contributed by atoms with Gasteiger partial charge in [0, 0.05) is 26.9 Å². The molecule has 0 saturated carbocycles. The summed E-state index contributed by atoms with van der Waals surface area (Å²) in [4.78, 5) is 3.94. The number of hydrogen-bond donors (Lipinski definition) is 2. The Labute approximate surface area is 107 Å². The monoisotopic (exact) mass is 277 g/mol. The molecule has 104 valence electrons. The van der Waals surface area contributed by atoms with Crippen LogP contribution in [0.2, 0.25) is 0 Å². The number of aliphatic hydroxyl groups is 1. The maximum absolute atomic E-state index is 11.8. The summed E-state index contributed by atoms with van der Waals surface area (Å²) in [5, 5.41) is 9.37. The summed E-state index contributed by atoms with van der Waals surface area (Å²) in [6.45, 7) is 2.05. The van der Waals surface area contributed by atoms with Crippen LogP contribution in [0.15, 0.2) is 11.2 Å². The number of aryl methyl sites for hydroxylation is 2. The number of aromatic nitrogens is 2. The van der Waals surface area contributed by atoms with Gasteiger partial charge in [0.05, 0.1) is 12.7 Å². The summed E-state index contributed by atoms with van der Waals surface area (Å²) in [6.07, 6.45) is 1.06. The molecule has 1 aromatic heterocycles. The number of nitrogens with zero attached hydrogens (tertiary/aromatic N) is 2. The molecule has 1 heterocycles. The highest BCUT2D eigenvalue weighted by molar-refractivity contribution is 7.89. The van der Waals surface area contributed by atoms with Crippen molar-refractivity contribution in [2.45, 2.75) is 24.5 Å². The maximum atomic E-state index is 11.8. The van der Waals surface area contributed by atoms with Crippen molar-refractivity contribution in [3.8, 4) is 0 Å². The van der Waals surface area contributed by atoms with Crippen LogP contribution < -0.4 is 4.72 Å². The van der Waals surface area contributed by atoms with Crippen LogP contribution in [0, 0.1) is 6.92 Å². The maximum Gasteiger partial charge on any atom is 0.259 e. The summed E-state index contributed by atoms with van der Waals surface area (Å²) in [5.74, 6) is 0.620. The lowest BCUT2D eigenvalue weighted by molar-refractivity contribution is 0.0603. The van der Waals surface area contributed by atoms with Crippen LogP contribution >= 0.6 is 0 Å². The van der Waals surface area contributed by atoms with Crippen LogP contribution in [0.25, 0.3) is 0 Å². The van der Waals surface area contributed by atoms with E-state index in [0.29, 0.717) is 12.2 Å². The Balaban J connectivity index is 2.55. The molecule has 0 bridgehead atoms. The zero-order valence-electron chi connectivity index (χ0n) is 10.8. The topological polar surface area (TPSA) is 93.5 Å². The van der Waals surface area contributed by atoms with E-state index in [2.05, 4.69) is 9.71 Å². The first-order valence-corrected chi connectivity index (χ1v) is 7.01. The fraction of sp³-hybridized carbons (Fsp3) is 0.700. The van der Waals surface area contributed by atoms with Crippen molar-refractivity contribution in [1.29, 1.82) is 0 Å². The Morgan fingerprint density at radius 1 is 1.61 bits per heavy atom. The lowest BCUT2D eigenvalue weighted by atomic mass is 10.3. The van der Waals surface area contributed by atoms with Gasteiger partial charge in [0.2, 0.25) is 0 Å². The SMILES string of the molecule is COCC(O)CCNS(=O)(=O)c1cn(C)c(C)n1. The third-order valence-corrected chi connectivity index (χ3v) is 3.82. The van der Waals surface area contributed by atoms with Gasteiger partial charge in [0.1, 0.15) is 5.82 Å². The van der Waals surface area contributed by atoms with Crippen LogP contribution in [0.4, 0.5) is 0 Å². The average molecular weight is 277 g/mol. The van der Waals surface area contributed by atoms with Gasteiger partial charge in [-0.15, -0.1) is 0 Å². The minimum absolute atomic E-state index is 0.0104. The number of imidazole rings is 1. The summed E-state index contributed by atoms with van der Waals surface area (Å²) >= 11 is 0. The van der Waals surface area contributed by atoms with Crippen molar-refractivity contribution in [2.75, 3.05) is 20.3 Å². The van der Waals surface area contributed by atoms with E-state index in [1.165, 1.54) is 13.3 Å². The second-order valence-electron chi connectivity index (χ2n) is 4.03. The standard InChI is InChI=1S/C10H19N3O4S/c1-8-12-10(6-13(8)2)18(15,16)11-5-4-9(14)7-17-3/h6,9,11,14H,4-5,7H2,1-3H3. The third kappa shape index (κ3) is 4.05. The molecule has 0 amide bonds. The lowest BCUT2D eigenvalue weighted by Gasteiger charge is -2.09. The molecule has 1 rings (SSSR count). The van der Waals surface area contributed by atoms with E-state index in [4.69, 9.17) is 4.74 Å². The van der Waals surface area contributed by atoms with Gasteiger partial charge in [-0.25, -0.2) is 18.1 Å². The van der Waals surface area contributed by atoms with Gasteiger partial charge in [-0.1, -0.05) is 0 Å². The normalized spacial score (nSPS) is 13.8. The highest BCUT2D eigenvalue weighted by Crippen LogP contribution is 2.07. The van der Waals surface area contributed by atoms with Crippen LogP contribution in [0.3, 0.4) is 0 Å². The number of nitrogens with one attached hydrogen (secondary N) is 1. The average Bonchev–Trinajstić information content (AvgIpc) is 2.60. The number of rotatable bonds is 7. The fourth-order valence-electron chi connectivity index (χ4n) is 1.37. The number of hydrogen-bond acceptors (Lipinski definition) is 5. The molecule has 0 spiro atoms. The molecule has 2 N–H and O–H groups in total. The second-order valence-corrected chi connectivity index (χ2v) is 5.75. The van der Waals surface area contributed by atoms with Crippen molar-refractivity contribution >= 4 is 10.0 Å². The number of sulfonamides is 1. The minimum atomic E-state index is -3.61. The Hall–Kier alpha value is -0.960. The molecule has 1 atom stereocenters. The summed E-state index contributed by atoms with van der Waals surface area (Å²) < 4.78 is 32.4. The van der Waals surface area contributed by atoms with Gasteiger partial charge in [-0.3, -0.25) is 0 Å². The second kappa shape index (κ2) is 6.28. The number of ether oxygens (including phenoxy) is 1. The summed E-state index contributed by atoms with van der Waals surface area (Å²) in [5.41, 5.74) is 0. The molecule has 0 aliphatic heterocycles. The minimum Gasteiger partial charge on any atom is -0.391 e. The third-order valence-electron chi connectivity index (χ3n) is 2.49. The van der Waals surface area contributed by atoms with Gasteiger partial charge in [0.25, 0.3) is 10.0 Å². The van der Waals surface area contributed by atoms with Crippen LogP contribution in [0.1, 0.15) is 12.2 Å². The highest BCUT2D eigenvalue weighted by atomic mass is 32.2. The van der Waals surface area contributed by atoms with E-state index >= 15 is 0 Å². The van der Waals surface area contributed by atoms with Crippen LogP contribution in [-0.2, 0) is 21.8 Å². The van der Waals surface area contributed by atoms with Crippen molar-refractivity contribution in [1.82, 2.24) is 14.3 Å². The van der Waals surface area contributed by atoms with E-state index in [1.807, 2.05) is 0 Å². The molecule has 0 aliphatic rings. The summed E-state index contributed by atoms with van der Waals surface area (Å²) in [7, 11) is -0.404. The van der Waals surface area contributed by atoms with Gasteiger partial charge in [0.15, 0.2) is 5.03 Å². The molecule has 1 aromatic rings. The molecule has 0 fully saturated rings. The molecule has 0 radical (unpaired) electrons. The largest absolute Gasteiger partial charge is 0.391 e. The van der Waals surface area contributed by atoms with Crippen molar-refractivity contribution in [3.63, 3.8) is 0 Å². The Kier molecular flexibility index (Phi) is 5.27. The first-order chi connectivity index (χ1) is 8.36. The molecule has 8 heteroatoms. The quantitative estimate of drug-likeness (QED) is 0.694. The van der Waals surface area contributed by atoms with Crippen LogP contribution in [-0.4, -0.2) is 49.4 Å². The Morgan fingerprint density at radius 3 is 2.78 bits per heavy atom. The van der Waals surface area contributed by atoms with Gasteiger partial charge >= 0.3 is 0 Å². The van der Waals surface area contributed by atoms with Crippen molar-refractivity contribution in [3.05, 3.63) is 12.0 Å². The van der Waals surface area contributed by atoms with E-state index in [9.17, 15) is 13.5 Å². The number of aliphatic hydroxyl groups excluding tert-OH is 1. The molecule has 18 heavy (non-hydrogen) atoms. The van der Waals surface area contributed by atoms with Gasteiger partial charge in [-0.05, 0) is 13.3 Å². The smallest absolute Gasteiger partial charge is 0.259 e. The Bertz CT molecular complexity index is 464. The predicted molar refractivity (Wildman–Crippen MR) is 65.6 cm³/mol. The molecular weight excluding hydrogens is 258 g/mol. The van der Waals surface area contributed by atoms with Gasteiger partial charge in [-0.2, -0.15) is 0 Å². The molecule has 0 saturated heterocycles. The lowest BCUT2D eigenvalue weighted by Crippen LogP contribution is -2.28. The molecular formula is C10H19N3O4S. The summed E-state index contributed by atoms with van der Waals surface area (Å²) in [6, 6.07) is 0. The van der Waals surface area contributed by atoms with Crippen molar-refractivity contribution in [2.24, 2.45) is 7.05 Å². The van der Waals surface area contributed by atoms with Crippen LogP contribution in [0.5, 0.6) is 0 Å². The van der Waals surface area contributed by atoms with E-state index in [0.717, 1.165) is 0 Å². The fourth-order valence-corrected chi connectivity index (χ4v) is 2.45. The van der Waals surface area contributed by atoms with E-state index < -0.39 is 16.1 Å². The Morgan fingerprint density at radius 2 is 2.28 bits per heavy atom. The van der Waals surface area contributed by atoms with Gasteiger partial charge < -0.3 is 14.4 Å². The molecule has 0 aliphatic carbocycles. The zero-order chi connectivity index (χ0) is 13.8. The highest BCUT2D eigenvalue weighted by Gasteiger charge is 2.18.